The van der Waals surface area contributed by atoms with Crippen LogP contribution in [0.2, 0.25) is 5.02 Å². The molecule has 1 aliphatic rings. The summed E-state index contributed by atoms with van der Waals surface area (Å²) in [6, 6.07) is 5.23. The number of piperidine rings is 1. The van der Waals surface area contributed by atoms with E-state index in [1.54, 1.807) is 12.1 Å². The van der Waals surface area contributed by atoms with Gasteiger partial charge in [0.05, 0.1) is 10.6 Å². The van der Waals surface area contributed by atoms with Crippen LogP contribution in [0.3, 0.4) is 0 Å². The first-order chi connectivity index (χ1) is 8.08. The maximum Gasteiger partial charge on any atom is 0.337 e. The van der Waals surface area contributed by atoms with Gasteiger partial charge in [-0.05, 0) is 37.0 Å². The van der Waals surface area contributed by atoms with Gasteiger partial charge in [-0.3, -0.25) is 0 Å². The molecule has 92 valence electrons. The van der Waals surface area contributed by atoms with Gasteiger partial charge in [0.15, 0.2) is 0 Å². The molecule has 0 atom stereocenters. The predicted molar refractivity (Wildman–Crippen MR) is 69.0 cm³/mol. The normalized spacial score (nSPS) is 17.2. The maximum atomic E-state index is 11.0. The van der Waals surface area contributed by atoms with E-state index in [4.69, 9.17) is 16.7 Å². The first kappa shape index (κ1) is 12.2. The van der Waals surface area contributed by atoms with Gasteiger partial charge >= 0.3 is 5.97 Å². The lowest BCUT2D eigenvalue weighted by Crippen LogP contribution is -2.32. The van der Waals surface area contributed by atoms with Gasteiger partial charge in [0.2, 0.25) is 0 Å². The Morgan fingerprint density at radius 1 is 1.41 bits per heavy atom. The van der Waals surface area contributed by atoms with E-state index in [1.807, 2.05) is 6.07 Å². The molecule has 0 saturated carbocycles. The van der Waals surface area contributed by atoms with Gasteiger partial charge in [0, 0.05) is 18.8 Å². The standard InChI is InChI=1S/C13H16ClNO2/c1-9-4-6-15(7-5-9)10-2-3-12(14)11(8-10)13(16)17/h2-3,8-9H,4-7H2,1H3,(H,16,17). The van der Waals surface area contributed by atoms with Gasteiger partial charge < -0.3 is 10.0 Å². The summed E-state index contributed by atoms with van der Waals surface area (Å²) in [4.78, 5) is 13.2. The van der Waals surface area contributed by atoms with Crippen molar-refractivity contribution >= 4 is 23.3 Å². The summed E-state index contributed by atoms with van der Waals surface area (Å²) in [5.41, 5.74) is 1.14. The Labute approximate surface area is 106 Å². The lowest BCUT2D eigenvalue weighted by atomic mass is 9.98. The average Bonchev–Trinajstić information content (AvgIpc) is 2.30. The lowest BCUT2D eigenvalue weighted by Gasteiger charge is -2.32. The minimum atomic E-state index is -0.970. The topological polar surface area (TPSA) is 40.5 Å². The van der Waals surface area contributed by atoms with Crippen LogP contribution < -0.4 is 4.90 Å². The Hall–Kier alpha value is -1.22. The van der Waals surface area contributed by atoms with Crippen LogP contribution >= 0.6 is 11.6 Å². The van der Waals surface area contributed by atoms with Gasteiger partial charge in [-0.2, -0.15) is 0 Å². The minimum Gasteiger partial charge on any atom is -0.478 e. The van der Waals surface area contributed by atoms with Crippen LogP contribution in [0.25, 0.3) is 0 Å². The van der Waals surface area contributed by atoms with Gasteiger partial charge in [-0.25, -0.2) is 4.79 Å². The molecular formula is C13H16ClNO2. The zero-order valence-electron chi connectivity index (χ0n) is 9.82. The van der Waals surface area contributed by atoms with E-state index in [9.17, 15) is 4.79 Å². The van der Waals surface area contributed by atoms with Crippen molar-refractivity contribution in [1.29, 1.82) is 0 Å². The molecule has 3 nitrogen and oxygen atoms in total. The Kier molecular flexibility index (Phi) is 3.57. The number of hydrogen-bond acceptors (Lipinski definition) is 2. The number of hydrogen-bond donors (Lipinski definition) is 1. The van der Waals surface area contributed by atoms with Gasteiger partial charge in [0.25, 0.3) is 0 Å². The number of anilines is 1. The number of carboxylic acid groups (broad SMARTS) is 1. The van der Waals surface area contributed by atoms with Crippen LogP contribution in [0.15, 0.2) is 18.2 Å². The van der Waals surface area contributed by atoms with Gasteiger partial charge in [0.1, 0.15) is 0 Å². The molecule has 0 unspecified atom stereocenters. The first-order valence-corrected chi connectivity index (χ1v) is 6.23. The second kappa shape index (κ2) is 4.96. The van der Waals surface area contributed by atoms with Crippen molar-refractivity contribution in [3.8, 4) is 0 Å². The number of carboxylic acids is 1. The monoisotopic (exact) mass is 253 g/mol. The number of carbonyl (C=O) groups is 1. The number of benzene rings is 1. The molecule has 1 aromatic rings. The highest BCUT2D eigenvalue weighted by atomic mass is 35.5. The Bertz CT molecular complexity index is 425. The number of nitrogens with zero attached hydrogens (tertiary/aromatic N) is 1. The van der Waals surface area contributed by atoms with Gasteiger partial charge in [-0.15, -0.1) is 0 Å². The molecule has 1 saturated heterocycles. The summed E-state index contributed by atoms with van der Waals surface area (Å²) >= 11 is 5.85. The van der Waals surface area contributed by atoms with Gasteiger partial charge in [-0.1, -0.05) is 18.5 Å². The highest BCUT2D eigenvalue weighted by molar-refractivity contribution is 6.33. The molecule has 4 heteroatoms. The zero-order valence-corrected chi connectivity index (χ0v) is 10.6. The van der Waals surface area contributed by atoms with Crippen molar-refractivity contribution in [3.05, 3.63) is 28.8 Å². The van der Waals surface area contributed by atoms with Crippen molar-refractivity contribution in [2.75, 3.05) is 18.0 Å². The summed E-state index contributed by atoms with van der Waals surface area (Å²) in [6.45, 7) is 4.23. The third-order valence-electron chi connectivity index (χ3n) is 3.33. The predicted octanol–water partition coefficient (Wildman–Crippen LogP) is 3.27. The fraction of sp³-hybridized carbons (Fsp3) is 0.462. The second-order valence-electron chi connectivity index (χ2n) is 4.64. The Balaban J connectivity index is 2.21. The van der Waals surface area contributed by atoms with Crippen molar-refractivity contribution in [1.82, 2.24) is 0 Å². The summed E-state index contributed by atoms with van der Waals surface area (Å²) in [5, 5.41) is 9.33. The van der Waals surface area contributed by atoms with Crippen LogP contribution in [-0.2, 0) is 0 Å². The number of rotatable bonds is 2. The van der Waals surface area contributed by atoms with Crippen LogP contribution in [0, 0.1) is 5.92 Å². The molecule has 2 rings (SSSR count). The SMILES string of the molecule is CC1CCN(c2ccc(Cl)c(C(=O)O)c2)CC1. The molecule has 1 aliphatic heterocycles. The Morgan fingerprint density at radius 2 is 2.06 bits per heavy atom. The molecular weight excluding hydrogens is 238 g/mol. The van der Waals surface area contributed by atoms with Crippen molar-refractivity contribution in [2.45, 2.75) is 19.8 Å². The van der Waals surface area contributed by atoms with E-state index in [2.05, 4.69) is 11.8 Å². The third-order valence-corrected chi connectivity index (χ3v) is 3.66. The lowest BCUT2D eigenvalue weighted by molar-refractivity contribution is 0.0697. The fourth-order valence-corrected chi connectivity index (χ4v) is 2.34. The number of halogens is 1. The zero-order chi connectivity index (χ0) is 12.4. The highest BCUT2D eigenvalue weighted by Crippen LogP contribution is 2.27. The highest BCUT2D eigenvalue weighted by Gasteiger charge is 2.18. The van der Waals surface area contributed by atoms with Crippen LogP contribution in [0.5, 0.6) is 0 Å². The van der Waals surface area contributed by atoms with E-state index in [-0.39, 0.29) is 5.56 Å². The summed E-state index contributed by atoms with van der Waals surface area (Å²) in [6.07, 6.45) is 2.32. The van der Waals surface area contributed by atoms with E-state index in [0.717, 1.165) is 37.5 Å². The molecule has 0 aliphatic carbocycles. The van der Waals surface area contributed by atoms with Crippen LogP contribution in [0.1, 0.15) is 30.1 Å². The molecule has 17 heavy (non-hydrogen) atoms. The molecule has 0 amide bonds. The first-order valence-electron chi connectivity index (χ1n) is 5.85. The molecule has 0 spiro atoms. The smallest absolute Gasteiger partial charge is 0.337 e. The van der Waals surface area contributed by atoms with Crippen molar-refractivity contribution in [3.63, 3.8) is 0 Å². The molecule has 0 bridgehead atoms. The average molecular weight is 254 g/mol. The molecule has 1 aromatic carbocycles. The summed E-state index contributed by atoms with van der Waals surface area (Å²) in [7, 11) is 0. The quantitative estimate of drug-likeness (QED) is 0.879. The molecule has 1 fully saturated rings. The fourth-order valence-electron chi connectivity index (χ4n) is 2.14. The third kappa shape index (κ3) is 2.72. The largest absolute Gasteiger partial charge is 0.478 e. The van der Waals surface area contributed by atoms with E-state index >= 15 is 0 Å². The minimum absolute atomic E-state index is 0.183. The Morgan fingerprint density at radius 3 is 2.65 bits per heavy atom. The number of aromatic carboxylic acids is 1. The van der Waals surface area contributed by atoms with Crippen molar-refractivity contribution < 1.29 is 9.90 Å². The van der Waals surface area contributed by atoms with E-state index in [1.165, 1.54) is 0 Å². The molecule has 1 heterocycles. The summed E-state index contributed by atoms with van der Waals surface area (Å²) in [5.74, 6) is -0.209. The van der Waals surface area contributed by atoms with Crippen LogP contribution in [-0.4, -0.2) is 24.2 Å². The second-order valence-corrected chi connectivity index (χ2v) is 5.05. The molecule has 0 radical (unpaired) electrons. The van der Waals surface area contributed by atoms with E-state index < -0.39 is 5.97 Å². The summed E-state index contributed by atoms with van der Waals surface area (Å²) < 4.78 is 0. The molecule has 0 aromatic heterocycles. The van der Waals surface area contributed by atoms with E-state index in [0.29, 0.717) is 5.02 Å². The van der Waals surface area contributed by atoms with Crippen molar-refractivity contribution in [2.24, 2.45) is 5.92 Å². The van der Waals surface area contributed by atoms with Crippen LogP contribution in [0.4, 0.5) is 5.69 Å². The molecule has 1 N–H and O–H groups in total. The maximum absolute atomic E-state index is 11.0.